The predicted molar refractivity (Wildman–Crippen MR) is 106 cm³/mol. The van der Waals surface area contributed by atoms with Crippen LogP contribution in [0.1, 0.15) is 11.1 Å². The lowest BCUT2D eigenvalue weighted by Crippen LogP contribution is -2.44. The van der Waals surface area contributed by atoms with Crippen molar-refractivity contribution in [3.05, 3.63) is 56.2 Å². The van der Waals surface area contributed by atoms with Crippen LogP contribution in [0.4, 0.5) is 5.95 Å². The summed E-state index contributed by atoms with van der Waals surface area (Å²) in [6, 6.07) is 9.52. The second-order valence-corrected chi connectivity index (χ2v) is 6.88. The van der Waals surface area contributed by atoms with Gasteiger partial charge >= 0.3 is 5.69 Å². The monoisotopic (exact) mass is 379 g/mol. The average Bonchev–Trinajstić information content (AvgIpc) is 3.11. The predicted octanol–water partition coefficient (Wildman–Crippen LogP) is -0.237. The molecular weight excluding hydrogens is 358 g/mol. The number of anilines is 1. The van der Waals surface area contributed by atoms with Crippen LogP contribution in [-0.4, -0.2) is 44.9 Å². The van der Waals surface area contributed by atoms with Gasteiger partial charge in [-0.25, -0.2) is 4.79 Å². The van der Waals surface area contributed by atoms with Crippen LogP contribution < -0.4 is 21.5 Å². The van der Waals surface area contributed by atoms with Crippen LogP contribution in [0.3, 0.4) is 0 Å². The van der Waals surface area contributed by atoms with Gasteiger partial charge in [-0.3, -0.25) is 18.5 Å². The van der Waals surface area contributed by atoms with E-state index in [1.54, 1.807) is 13.1 Å². The summed E-state index contributed by atoms with van der Waals surface area (Å²) in [4.78, 5) is 32.1. The summed E-state index contributed by atoms with van der Waals surface area (Å²) in [5.41, 5.74) is 1.28. The first-order chi connectivity index (χ1) is 13.5. The van der Waals surface area contributed by atoms with Crippen LogP contribution in [0.25, 0.3) is 11.2 Å². The molecule has 3 heterocycles. The van der Waals surface area contributed by atoms with E-state index in [-0.39, 0.29) is 5.56 Å². The van der Waals surface area contributed by atoms with E-state index in [0.717, 1.165) is 36.3 Å². The molecule has 2 aromatic heterocycles. The molecule has 0 amide bonds. The van der Waals surface area contributed by atoms with Crippen molar-refractivity contribution in [1.82, 2.24) is 24.0 Å². The van der Waals surface area contributed by atoms with E-state index >= 15 is 0 Å². The second kappa shape index (κ2) is 6.98. The molecule has 144 valence electrons. The Kier molecular flexibility index (Phi) is 4.49. The molecule has 3 aromatic rings. The molecule has 9 heteroatoms. The van der Waals surface area contributed by atoms with Gasteiger partial charge in [0.25, 0.3) is 5.56 Å². The first-order valence-electron chi connectivity index (χ1n) is 9.13. The molecular formula is C19H21N7O2. The van der Waals surface area contributed by atoms with Gasteiger partial charge in [0.1, 0.15) is 0 Å². The molecule has 4 rings (SSSR count). The van der Waals surface area contributed by atoms with Gasteiger partial charge in [-0.05, 0) is 11.6 Å². The van der Waals surface area contributed by atoms with Crippen LogP contribution >= 0.6 is 0 Å². The molecule has 0 atom stereocenters. The maximum atomic E-state index is 13.0. The van der Waals surface area contributed by atoms with Crippen molar-refractivity contribution in [2.45, 2.75) is 6.54 Å². The van der Waals surface area contributed by atoms with Gasteiger partial charge in [-0.1, -0.05) is 18.2 Å². The maximum Gasteiger partial charge on any atom is 0.332 e. The van der Waals surface area contributed by atoms with Crippen LogP contribution in [0.2, 0.25) is 0 Å². The van der Waals surface area contributed by atoms with Crippen molar-refractivity contribution in [1.29, 1.82) is 5.26 Å². The minimum absolute atomic E-state index is 0.326. The summed E-state index contributed by atoms with van der Waals surface area (Å²) in [5.74, 6) is 0.641. The Labute approximate surface area is 161 Å². The Morgan fingerprint density at radius 1 is 1.14 bits per heavy atom. The summed E-state index contributed by atoms with van der Waals surface area (Å²) in [7, 11) is 3.08. The number of nitrogens with one attached hydrogen (secondary N) is 1. The molecule has 28 heavy (non-hydrogen) atoms. The molecule has 1 N–H and O–H groups in total. The minimum Gasteiger partial charge on any atom is -0.340 e. The zero-order valence-electron chi connectivity index (χ0n) is 15.8. The Bertz CT molecular complexity index is 1210. The molecule has 1 saturated heterocycles. The Balaban J connectivity index is 2.00. The van der Waals surface area contributed by atoms with E-state index in [4.69, 9.17) is 0 Å². The summed E-state index contributed by atoms with van der Waals surface area (Å²) in [6.07, 6.45) is 0. The standard InChI is InChI=1S/C19H21N7O2/c1-23-16-15(17(27)24(2)19(23)28)26(12-14-6-4-3-5-13(14)11-20)18(22-16)25-9-7-21-8-10-25/h3-6,21H,7-10,12H2,1-2H3. The topological polar surface area (TPSA) is 101 Å². The number of hydrogen-bond acceptors (Lipinski definition) is 6. The van der Waals surface area contributed by atoms with Gasteiger partial charge in [0, 0.05) is 40.3 Å². The number of nitrogens with zero attached hydrogens (tertiary/aromatic N) is 6. The number of piperazine rings is 1. The third kappa shape index (κ3) is 2.78. The lowest BCUT2D eigenvalue weighted by Gasteiger charge is -2.28. The Morgan fingerprint density at radius 2 is 1.86 bits per heavy atom. The molecule has 1 aliphatic rings. The van der Waals surface area contributed by atoms with E-state index < -0.39 is 5.69 Å². The van der Waals surface area contributed by atoms with Crippen LogP contribution in [0.15, 0.2) is 33.9 Å². The van der Waals surface area contributed by atoms with Crippen molar-refractivity contribution in [2.75, 3.05) is 31.1 Å². The summed E-state index contributed by atoms with van der Waals surface area (Å²) in [6.45, 7) is 3.45. The van der Waals surface area contributed by atoms with Crippen molar-refractivity contribution in [3.63, 3.8) is 0 Å². The molecule has 0 unspecified atom stereocenters. The molecule has 0 spiro atoms. The van der Waals surface area contributed by atoms with Crippen molar-refractivity contribution >= 4 is 17.1 Å². The largest absolute Gasteiger partial charge is 0.340 e. The fourth-order valence-corrected chi connectivity index (χ4v) is 3.63. The van der Waals surface area contributed by atoms with E-state index in [9.17, 15) is 14.9 Å². The van der Waals surface area contributed by atoms with Crippen molar-refractivity contribution < 1.29 is 0 Å². The number of aromatic nitrogens is 4. The van der Waals surface area contributed by atoms with Crippen molar-refractivity contribution in [3.8, 4) is 6.07 Å². The number of nitriles is 1. The Hall–Kier alpha value is -3.38. The fourth-order valence-electron chi connectivity index (χ4n) is 3.63. The van der Waals surface area contributed by atoms with Crippen LogP contribution in [-0.2, 0) is 20.6 Å². The third-order valence-corrected chi connectivity index (χ3v) is 5.19. The number of aryl methyl sites for hydroxylation is 1. The molecule has 0 aliphatic carbocycles. The number of hydrogen-bond donors (Lipinski definition) is 1. The zero-order chi connectivity index (χ0) is 19.8. The maximum absolute atomic E-state index is 13.0. The number of imidazole rings is 1. The molecule has 1 aliphatic heterocycles. The smallest absolute Gasteiger partial charge is 0.332 e. The summed E-state index contributed by atoms with van der Waals surface area (Å²) < 4.78 is 4.33. The molecule has 9 nitrogen and oxygen atoms in total. The third-order valence-electron chi connectivity index (χ3n) is 5.19. The highest BCUT2D eigenvalue weighted by Gasteiger charge is 2.24. The normalized spacial score (nSPS) is 14.4. The van der Waals surface area contributed by atoms with Gasteiger partial charge in [-0.15, -0.1) is 0 Å². The second-order valence-electron chi connectivity index (χ2n) is 6.88. The van der Waals surface area contributed by atoms with Crippen LogP contribution in [0, 0.1) is 11.3 Å². The van der Waals surface area contributed by atoms with E-state index in [2.05, 4.69) is 21.3 Å². The van der Waals surface area contributed by atoms with Gasteiger partial charge in [0.2, 0.25) is 5.95 Å². The molecule has 0 saturated carbocycles. The molecule has 0 bridgehead atoms. The number of fused-ring (bicyclic) bond motifs is 1. The number of rotatable bonds is 3. The quantitative estimate of drug-likeness (QED) is 0.674. The Morgan fingerprint density at radius 3 is 2.57 bits per heavy atom. The highest BCUT2D eigenvalue weighted by Crippen LogP contribution is 2.22. The zero-order valence-corrected chi connectivity index (χ0v) is 15.8. The number of benzene rings is 1. The van der Waals surface area contributed by atoms with Gasteiger partial charge in [-0.2, -0.15) is 10.2 Å². The molecule has 0 radical (unpaired) electrons. The summed E-state index contributed by atoms with van der Waals surface area (Å²) in [5, 5.41) is 12.8. The fraction of sp³-hybridized carbons (Fsp3) is 0.368. The first-order valence-corrected chi connectivity index (χ1v) is 9.13. The highest BCUT2D eigenvalue weighted by molar-refractivity contribution is 5.75. The molecule has 1 aromatic carbocycles. The highest BCUT2D eigenvalue weighted by atomic mass is 16.2. The molecule has 1 fully saturated rings. The lowest BCUT2D eigenvalue weighted by atomic mass is 10.1. The van der Waals surface area contributed by atoms with Gasteiger partial charge < -0.3 is 10.2 Å². The van der Waals surface area contributed by atoms with E-state index in [1.807, 2.05) is 22.8 Å². The minimum atomic E-state index is -0.411. The lowest BCUT2D eigenvalue weighted by molar-refractivity contribution is 0.571. The van der Waals surface area contributed by atoms with E-state index in [1.165, 1.54) is 11.6 Å². The van der Waals surface area contributed by atoms with E-state index in [0.29, 0.717) is 29.2 Å². The summed E-state index contributed by atoms with van der Waals surface area (Å²) >= 11 is 0. The average molecular weight is 379 g/mol. The first kappa shape index (κ1) is 18.0. The SMILES string of the molecule is Cn1c(=O)c2c(nc(N3CCNCC3)n2Cc2ccccc2C#N)n(C)c1=O. The van der Waals surface area contributed by atoms with Gasteiger partial charge in [0.15, 0.2) is 11.2 Å². The van der Waals surface area contributed by atoms with Crippen LogP contribution in [0.5, 0.6) is 0 Å². The van der Waals surface area contributed by atoms with Gasteiger partial charge in [0.05, 0.1) is 18.2 Å². The van der Waals surface area contributed by atoms with Crippen molar-refractivity contribution in [2.24, 2.45) is 14.1 Å².